The van der Waals surface area contributed by atoms with Gasteiger partial charge in [-0.15, -0.1) is 12.4 Å². The molecule has 7 nitrogen and oxygen atoms in total. The predicted octanol–water partition coefficient (Wildman–Crippen LogP) is 3.96. The third kappa shape index (κ3) is 6.37. The molecule has 0 aromatic heterocycles. The molecule has 1 aromatic carbocycles. The Kier molecular flexibility index (Phi) is 9.35. The van der Waals surface area contributed by atoms with Crippen molar-refractivity contribution in [3.05, 3.63) is 34.9 Å². The van der Waals surface area contributed by atoms with Crippen molar-refractivity contribution < 1.29 is 19.1 Å². The summed E-state index contributed by atoms with van der Waals surface area (Å²) in [5, 5.41) is 3.56. The normalized spacial score (nSPS) is 22.1. The van der Waals surface area contributed by atoms with Crippen LogP contribution in [0.15, 0.2) is 34.9 Å². The summed E-state index contributed by atoms with van der Waals surface area (Å²) in [6.07, 6.45) is 7.54. The number of hydrogen-bond acceptors (Lipinski definition) is 7. The number of ether oxygens (including phenoxy) is 2. The van der Waals surface area contributed by atoms with Gasteiger partial charge in [-0.25, -0.2) is 4.79 Å². The van der Waals surface area contributed by atoms with Crippen molar-refractivity contribution in [2.75, 3.05) is 24.6 Å². The van der Waals surface area contributed by atoms with E-state index in [2.05, 4.69) is 10.2 Å². The molecule has 2 aliphatic heterocycles. The highest BCUT2D eigenvalue weighted by atomic mass is 35.5. The highest BCUT2D eigenvalue weighted by Gasteiger charge is 2.39. The molecule has 0 radical (unpaired) electrons. The Balaban J connectivity index is 0.00000306. The van der Waals surface area contributed by atoms with Gasteiger partial charge in [-0.05, 0) is 88.7 Å². The number of nitrogens with one attached hydrogen (secondary N) is 1. The highest BCUT2D eigenvalue weighted by Crippen LogP contribution is 2.46. The number of amides is 1. The maximum absolute atomic E-state index is 12.1. The second-order valence-electron chi connectivity index (χ2n) is 8.78. The van der Waals surface area contributed by atoms with E-state index in [0.29, 0.717) is 16.6 Å². The molecule has 0 bridgehead atoms. The number of primary amides is 1. The maximum Gasteiger partial charge on any atom is 0.344 e. The zero-order chi connectivity index (χ0) is 22.5. The standard InChI is InChI=1S/C24H33N3O4S.ClH/c1-16-22(23(25)29)32-24(17-11-13-26-14-12-17)27(16)18-7-9-19(10-8-18)30-15-21(28)31-20-5-3-2-4-6-20;/h7-10,17,20,24,26H,2-6,11-15H2,1H3,(H2,25,29);1H. The first kappa shape index (κ1) is 25.7. The molecule has 182 valence electrons. The van der Waals surface area contributed by atoms with Gasteiger partial charge in [0.25, 0.3) is 5.91 Å². The Labute approximate surface area is 206 Å². The van der Waals surface area contributed by atoms with Crippen molar-refractivity contribution in [3.8, 4) is 5.75 Å². The van der Waals surface area contributed by atoms with E-state index in [-0.39, 0.29) is 42.4 Å². The van der Waals surface area contributed by atoms with Gasteiger partial charge in [0.1, 0.15) is 11.9 Å². The van der Waals surface area contributed by atoms with Crippen molar-refractivity contribution in [2.24, 2.45) is 11.7 Å². The Morgan fingerprint density at radius 1 is 1.09 bits per heavy atom. The number of halogens is 1. The summed E-state index contributed by atoms with van der Waals surface area (Å²) in [6, 6.07) is 7.68. The number of carbonyl (C=O) groups is 2. The minimum absolute atomic E-state index is 0. The number of benzene rings is 1. The molecule has 1 aromatic rings. The van der Waals surface area contributed by atoms with E-state index < -0.39 is 0 Å². The van der Waals surface area contributed by atoms with Crippen molar-refractivity contribution in [1.82, 2.24) is 5.32 Å². The van der Waals surface area contributed by atoms with Crippen LogP contribution in [0.3, 0.4) is 0 Å². The van der Waals surface area contributed by atoms with Gasteiger partial charge in [-0.2, -0.15) is 0 Å². The minimum atomic E-state index is -0.370. The predicted molar refractivity (Wildman–Crippen MR) is 133 cm³/mol. The van der Waals surface area contributed by atoms with E-state index in [9.17, 15) is 9.59 Å². The van der Waals surface area contributed by atoms with Crippen LogP contribution in [-0.2, 0) is 14.3 Å². The summed E-state index contributed by atoms with van der Waals surface area (Å²) < 4.78 is 11.2. The summed E-state index contributed by atoms with van der Waals surface area (Å²) >= 11 is 1.58. The van der Waals surface area contributed by atoms with Crippen molar-refractivity contribution in [2.45, 2.75) is 63.3 Å². The summed E-state index contributed by atoms with van der Waals surface area (Å²) in [5.41, 5.74) is 7.55. The molecule has 1 aliphatic carbocycles. The summed E-state index contributed by atoms with van der Waals surface area (Å²) in [7, 11) is 0. The fourth-order valence-corrected chi connectivity index (χ4v) is 6.30. The molecule has 9 heteroatoms. The van der Waals surface area contributed by atoms with Crippen molar-refractivity contribution in [1.29, 1.82) is 0 Å². The SMILES string of the molecule is CC1=C(C(N)=O)SC(C2CCNCC2)N1c1ccc(OCC(=O)OC2CCCCC2)cc1.Cl. The lowest BCUT2D eigenvalue weighted by Crippen LogP contribution is -2.40. The van der Waals surface area contributed by atoms with Gasteiger partial charge in [0.15, 0.2) is 6.61 Å². The van der Waals surface area contributed by atoms with Gasteiger partial charge < -0.3 is 25.4 Å². The molecule has 1 amide bonds. The lowest BCUT2D eigenvalue weighted by atomic mass is 9.96. The van der Waals surface area contributed by atoms with E-state index >= 15 is 0 Å². The first-order valence-electron chi connectivity index (χ1n) is 11.6. The van der Waals surface area contributed by atoms with Crippen LogP contribution >= 0.6 is 24.2 Å². The second-order valence-corrected chi connectivity index (χ2v) is 9.90. The van der Waals surface area contributed by atoms with Crippen LogP contribution in [0.2, 0.25) is 0 Å². The van der Waals surface area contributed by atoms with Gasteiger partial charge in [0.2, 0.25) is 0 Å². The lowest BCUT2D eigenvalue weighted by Gasteiger charge is -2.35. The molecule has 1 atom stereocenters. The highest BCUT2D eigenvalue weighted by molar-refractivity contribution is 8.05. The van der Waals surface area contributed by atoms with Crippen LogP contribution in [0.4, 0.5) is 5.69 Å². The molecule has 0 spiro atoms. The van der Waals surface area contributed by atoms with E-state index in [1.54, 1.807) is 11.8 Å². The van der Waals surface area contributed by atoms with E-state index in [4.69, 9.17) is 15.2 Å². The lowest BCUT2D eigenvalue weighted by molar-refractivity contribution is -0.152. The topological polar surface area (TPSA) is 93.9 Å². The molecular formula is C24H34ClN3O4S. The van der Waals surface area contributed by atoms with E-state index in [1.807, 2.05) is 31.2 Å². The summed E-state index contributed by atoms with van der Waals surface area (Å²) in [4.78, 5) is 27.0. The average molecular weight is 496 g/mol. The third-order valence-electron chi connectivity index (χ3n) is 6.52. The van der Waals surface area contributed by atoms with Crippen LogP contribution in [0.5, 0.6) is 5.75 Å². The molecule has 2 fully saturated rings. The Morgan fingerprint density at radius 3 is 2.39 bits per heavy atom. The van der Waals surface area contributed by atoms with Gasteiger partial charge in [0, 0.05) is 11.4 Å². The molecule has 33 heavy (non-hydrogen) atoms. The van der Waals surface area contributed by atoms with Gasteiger partial charge >= 0.3 is 5.97 Å². The molecule has 1 saturated carbocycles. The first-order valence-corrected chi connectivity index (χ1v) is 12.5. The number of esters is 1. The fraction of sp³-hybridized carbons (Fsp3) is 0.583. The van der Waals surface area contributed by atoms with Crippen LogP contribution < -0.4 is 20.7 Å². The third-order valence-corrected chi connectivity index (χ3v) is 8.09. The number of allylic oxidation sites excluding steroid dienone is 1. The van der Waals surface area contributed by atoms with Crippen LogP contribution in [-0.4, -0.2) is 43.1 Å². The van der Waals surface area contributed by atoms with Gasteiger partial charge in [0.05, 0.1) is 10.3 Å². The number of hydrogen-bond donors (Lipinski definition) is 2. The number of thioether (sulfide) groups is 1. The fourth-order valence-electron chi connectivity index (χ4n) is 4.82. The molecule has 3 N–H and O–H groups in total. The maximum atomic E-state index is 12.1. The molecule has 2 heterocycles. The molecule has 4 rings (SSSR count). The number of piperidine rings is 1. The molecule has 1 saturated heterocycles. The van der Waals surface area contributed by atoms with Crippen LogP contribution in [0.25, 0.3) is 0 Å². The van der Waals surface area contributed by atoms with Gasteiger partial charge in [-0.1, -0.05) is 18.2 Å². The number of carbonyl (C=O) groups excluding carboxylic acids is 2. The minimum Gasteiger partial charge on any atom is -0.482 e. The van der Waals surface area contributed by atoms with E-state index in [1.165, 1.54) is 6.42 Å². The average Bonchev–Trinajstić information content (AvgIpc) is 3.17. The van der Waals surface area contributed by atoms with Crippen molar-refractivity contribution >= 4 is 41.7 Å². The monoisotopic (exact) mass is 495 g/mol. The summed E-state index contributed by atoms with van der Waals surface area (Å²) in [6.45, 7) is 3.85. The molecular weight excluding hydrogens is 462 g/mol. The van der Waals surface area contributed by atoms with Crippen LogP contribution in [0.1, 0.15) is 51.9 Å². The van der Waals surface area contributed by atoms with Gasteiger partial charge in [-0.3, -0.25) is 4.79 Å². The zero-order valence-corrected chi connectivity index (χ0v) is 20.7. The number of nitrogens with zero attached hydrogens (tertiary/aromatic N) is 1. The first-order chi connectivity index (χ1) is 15.5. The van der Waals surface area contributed by atoms with Crippen LogP contribution in [0, 0.1) is 5.92 Å². The number of rotatable bonds is 7. The number of anilines is 1. The molecule has 1 unspecified atom stereocenters. The van der Waals surface area contributed by atoms with E-state index in [0.717, 1.165) is 63.0 Å². The van der Waals surface area contributed by atoms with Crippen molar-refractivity contribution in [3.63, 3.8) is 0 Å². The second kappa shape index (κ2) is 12.0. The number of nitrogens with two attached hydrogens (primary N) is 1. The smallest absolute Gasteiger partial charge is 0.344 e. The quantitative estimate of drug-likeness (QED) is 0.553. The molecule has 3 aliphatic rings. The summed E-state index contributed by atoms with van der Waals surface area (Å²) in [5.74, 6) is 0.410. The Bertz CT molecular complexity index is 852. The Hall–Kier alpha value is -1.90. The Morgan fingerprint density at radius 2 is 1.76 bits per heavy atom. The largest absolute Gasteiger partial charge is 0.482 e. The zero-order valence-electron chi connectivity index (χ0n) is 19.1.